The van der Waals surface area contributed by atoms with Gasteiger partial charge in [0.15, 0.2) is 0 Å². The molecule has 0 unspecified atom stereocenters. The number of aryl methyl sites for hydroxylation is 1. The topological polar surface area (TPSA) is 66.4 Å². The quantitative estimate of drug-likeness (QED) is 0.864. The number of hydrogen-bond acceptors (Lipinski definition) is 3. The third kappa shape index (κ3) is 3.61. The number of sulfonamides is 1. The van der Waals surface area contributed by atoms with Gasteiger partial charge in [-0.1, -0.05) is 12.1 Å². The van der Waals surface area contributed by atoms with Crippen LogP contribution in [0.15, 0.2) is 45.8 Å². The number of nitrogens with one attached hydrogen (secondary N) is 1. The van der Waals surface area contributed by atoms with E-state index < -0.39 is 15.8 Å². The van der Waals surface area contributed by atoms with Crippen molar-refractivity contribution in [3.63, 3.8) is 0 Å². The molecule has 0 bridgehead atoms. The smallest absolute Gasteiger partial charge is 0.262 e. The van der Waals surface area contributed by atoms with Crippen LogP contribution in [0.3, 0.4) is 0 Å². The molecule has 2 aromatic rings. The first-order chi connectivity index (χ1) is 9.83. The molecule has 2 aromatic carbocycles. The van der Waals surface area contributed by atoms with Gasteiger partial charge in [0.2, 0.25) is 0 Å². The van der Waals surface area contributed by atoms with Crippen molar-refractivity contribution in [3.8, 4) is 0 Å². The highest BCUT2D eigenvalue weighted by Crippen LogP contribution is 2.27. The van der Waals surface area contributed by atoms with Crippen LogP contribution in [0.2, 0.25) is 0 Å². The van der Waals surface area contributed by atoms with Gasteiger partial charge < -0.3 is 5.11 Å². The Morgan fingerprint density at radius 2 is 1.95 bits per heavy atom. The number of aliphatic hydroxyl groups is 1. The van der Waals surface area contributed by atoms with Crippen molar-refractivity contribution in [3.05, 3.63) is 57.8 Å². The average Bonchev–Trinajstić information content (AvgIpc) is 2.43. The van der Waals surface area contributed by atoms with E-state index in [0.717, 1.165) is 6.07 Å². The molecule has 0 saturated heterocycles. The van der Waals surface area contributed by atoms with Crippen molar-refractivity contribution in [2.45, 2.75) is 18.4 Å². The van der Waals surface area contributed by atoms with E-state index >= 15 is 0 Å². The molecule has 0 radical (unpaired) electrons. The summed E-state index contributed by atoms with van der Waals surface area (Å²) in [5, 5.41) is 9.12. The molecule has 2 rings (SSSR count). The second-order valence-electron chi connectivity index (χ2n) is 4.49. The maximum atomic E-state index is 13.2. The van der Waals surface area contributed by atoms with Gasteiger partial charge in [-0.15, -0.1) is 0 Å². The normalized spacial score (nSPS) is 11.4. The Balaban J connectivity index is 2.45. The molecule has 0 aliphatic heterocycles. The lowest BCUT2D eigenvalue weighted by Crippen LogP contribution is -2.15. The highest BCUT2D eigenvalue weighted by atomic mass is 79.9. The minimum atomic E-state index is -3.87. The molecule has 0 amide bonds. The molecule has 7 heteroatoms. The monoisotopic (exact) mass is 373 g/mol. The number of hydrogen-bond donors (Lipinski definition) is 2. The summed E-state index contributed by atoms with van der Waals surface area (Å²) in [7, 11) is -3.87. The number of aliphatic hydroxyl groups excluding tert-OH is 1. The fourth-order valence-electron chi connectivity index (χ4n) is 1.81. The van der Waals surface area contributed by atoms with Crippen molar-refractivity contribution >= 4 is 31.6 Å². The van der Waals surface area contributed by atoms with Crippen LogP contribution >= 0.6 is 15.9 Å². The van der Waals surface area contributed by atoms with Crippen molar-refractivity contribution in [2.75, 3.05) is 4.72 Å². The van der Waals surface area contributed by atoms with Gasteiger partial charge in [-0.3, -0.25) is 4.72 Å². The summed E-state index contributed by atoms with van der Waals surface area (Å²) >= 11 is 3.17. The summed E-state index contributed by atoms with van der Waals surface area (Å²) < 4.78 is 40.8. The molecule has 0 fully saturated rings. The van der Waals surface area contributed by atoms with E-state index in [2.05, 4.69) is 20.7 Å². The molecular weight excluding hydrogens is 361 g/mol. The van der Waals surface area contributed by atoms with Gasteiger partial charge >= 0.3 is 0 Å². The molecular formula is C14H13BrFNO3S. The summed E-state index contributed by atoms with van der Waals surface area (Å²) in [6, 6.07) is 8.38. The van der Waals surface area contributed by atoms with Crippen LogP contribution in [-0.2, 0) is 16.6 Å². The molecule has 0 aliphatic rings. The summed E-state index contributed by atoms with van der Waals surface area (Å²) in [6.45, 7) is 1.39. The number of rotatable bonds is 4. The minimum Gasteiger partial charge on any atom is -0.392 e. The van der Waals surface area contributed by atoms with Gasteiger partial charge in [-0.05, 0) is 58.2 Å². The molecule has 21 heavy (non-hydrogen) atoms. The van der Waals surface area contributed by atoms with Crippen molar-refractivity contribution in [1.82, 2.24) is 0 Å². The summed E-state index contributed by atoms with van der Waals surface area (Å²) in [5.41, 5.74) is 1.13. The highest BCUT2D eigenvalue weighted by molar-refractivity contribution is 9.10. The van der Waals surface area contributed by atoms with Crippen LogP contribution in [0.1, 0.15) is 11.1 Å². The van der Waals surface area contributed by atoms with Crippen molar-refractivity contribution in [2.24, 2.45) is 0 Å². The van der Waals surface area contributed by atoms with Crippen molar-refractivity contribution in [1.29, 1.82) is 0 Å². The number of halogens is 2. The van der Waals surface area contributed by atoms with E-state index in [1.165, 1.54) is 18.2 Å². The predicted octanol–water partition coefficient (Wildman–Crippen LogP) is 3.19. The first-order valence-electron chi connectivity index (χ1n) is 6.02. The molecule has 0 heterocycles. The summed E-state index contributed by atoms with van der Waals surface area (Å²) in [6.07, 6.45) is 0. The van der Waals surface area contributed by atoms with Gasteiger partial charge in [-0.2, -0.15) is 0 Å². The standard InChI is InChI=1S/C14H13BrFNO3S/c1-9-2-3-10(8-18)6-14(9)21(19,20)17-13-7-11(16)4-5-12(13)15/h2-7,17-18H,8H2,1H3. The van der Waals surface area contributed by atoms with Crippen LogP contribution in [-0.4, -0.2) is 13.5 Å². The Kier molecular flexibility index (Phi) is 4.65. The zero-order valence-corrected chi connectivity index (χ0v) is 13.5. The van der Waals surface area contributed by atoms with Gasteiger partial charge in [0, 0.05) is 4.47 Å². The summed E-state index contributed by atoms with van der Waals surface area (Å²) in [4.78, 5) is 0.0465. The lowest BCUT2D eigenvalue weighted by Gasteiger charge is -2.12. The number of anilines is 1. The van der Waals surface area contributed by atoms with Gasteiger partial charge in [0.25, 0.3) is 10.0 Å². The SMILES string of the molecule is Cc1ccc(CO)cc1S(=O)(=O)Nc1cc(F)ccc1Br. The third-order valence-corrected chi connectivity index (χ3v) is 5.10. The molecule has 0 atom stereocenters. The van der Waals surface area contributed by atoms with E-state index in [1.807, 2.05) is 0 Å². The van der Waals surface area contributed by atoms with E-state index in [9.17, 15) is 12.8 Å². The summed E-state index contributed by atoms with van der Waals surface area (Å²) in [5.74, 6) is -0.545. The Bertz CT molecular complexity index is 778. The average molecular weight is 374 g/mol. The molecule has 0 saturated carbocycles. The minimum absolute atomic E-state index is 0.0465. The predicted molar refractivity (Wildman–Crippen MR) is 82.0 cm³/mol. The van der Waals surface area contributed by atoms with Crippen LogP contribution in [0.25, 0.3) is 0 Å². The first-order valence-corrected chi connectivity index (χ1v) is 8.29. The molecule has 2 N–H and O–H groups in total. The zero-order valence-electron chi connectivity index (χ0n) is 11.1. The largest absolute Gasteiger partial charge is 0.392 e. The fourth-order valence-corrected chi connectivity index (χ4v) is 3.65. The van der Waals surface area contributed by atoms with E-state index in [-0.39, 0.29) is 17.2 Å². The Morgan fingerprint density at radius 3 is 2.62 bits per heavy atom. The van der Waals surface area contributed by atoms with Gasteiger partial charge in [0.05, 0.1) is 17.2 Å². The van der Waals surface area contributed by atoms with E-state index in [1.54, 1.807) is 19.1 Å². The molecule has 0 aromatic heterocycles. The Morgan fingerprint density at radius 1 is 1.24 bits per heavy atom. The van der Waals surface area contributed by atoms with E-state index in [4.69, 9.17) is 5.11 Å². The lowest BCUT2D eigenvalue weighted by atomic mass is 10.2. The van der Waals surface area contributed by atoms with Gasteiger partial charge in [0.1, 0.15) is 5.82 Å². The molecule has 0 spiro atoms. The molecule has 0 aliphatic carbocycles. The maximum Gasteiger partial charge on any atom is 0.262 e. The molecule has 112 valence electrons. The number of benzene rings is 2. The van der Waals surface area contributed by atoms with Crippen molar-refractivity contribution < 1.29 is 17.9 Å². The Hall–Kier alpha value is -1.44. The Labute approximate surface area is 130 Å². The highest BCUT2D eigenvalue weighted by Gasteiger charge is 2.19. The van der Waals surface area contributed by atoms with Gasteiger partial charge in [-0.25, -0.2) is 12.8 Å². The second kappa shape index (κ2) is 6.13. The van der Waals surface area contributed by atoms with Crippen LogP contribution in [0.4, 0.5) is 10.1 Å². The van der Waals surface area contributed by atoms with Crippen LogP contribution in [0, 0.1) is 12.7 Å². The first kappa shape index (κ1) is 15.9. The maximum absolute atomic E-state index is 13.2. The lowest BCUT2D eigenvalue weighted by molar-refractivity contribution is 0.281. The third-order valence-electron chi connectivity index (χ3n) is 2.90. The second-order valence-corrected chi connectivity index (χ2v) is 6.99. The molecule has 4 nitrogen and oxygen atoms in total. The fraction of sp³-hybridized carbons (Fsp3) is 0.143. The van der Waals surface area contributed by atoms with E-state index in [0.29, 0.717) is 15.6 Å². The van der Waals surface area contributed by atoms with Crippen LogP contribution < -0.4 is 4.72 Å². The zero-order chi connectivity index (χ0) is 15.6. The van der Waals surface area contributed by atoms with Crippen LogP contribution in [0.5, 0.6) is 0 Å².